The molecule has 0 radical (unpaired) electrons. The second kappa shape index (κ2) is 7.64. The van der Waals surface area contributed by atoms with Crippen LogP contribution in [-0.4, -0.2) is 59.9 Å². The topological polar surface area (TPSA) is 108 Å². The Balaban J connectivity index is 1.44. The molecule has 3 N–H and O–H groups in total. The first-order chi connectivity index (χ1) is 13.9. The number of amides is 4. The summed E-state index contributed by atoms with van der Waals surface area (Å²) in [5.74, 6) is -2.11. The fraction of sp³-hybridized carbons (Fsp3) is 0.500. The highest BCUT2D eigenvalue weighted by Gasteiger charge is 2.44. The van der Waals surface area contributed by atoms with E-state index in [-0.39, 0.29) is 30.5 Å². The third-order valence-corrected chi connectivity index (χ3v) is 5.70. The summed E-state index contributed by atoms with van der Waals surface area (Å²) in [6.45, 7) is 1.71. The summed E-state index contributed by atoms with van der Waals surface area (Å²) in [5, 5.41) is 8.32. The zero-order valence-electron chi connectivity index (χ0n) is 15.9. The molecule has 0 bridgehead atoms. The number of benzene rings is 1. The van der Waals surface area contributed by atoms with Gasteiger partial charge in [-0.25, -0.2) is 4.39 Å². The number of carbonyl (C=O) groups is 4. The molecule has 0 aliphatic carbocycles. The molecule has 1 aromatic rings. The Morgan fingerprint density at radius 1 is 1.17 bits per heavy atom. The number of hydrogen-bond donors (Lipinski definition) is 3. The minimum atomic E-state index is -1.29. The lowest BCUT2D eigenvalue weighted by atomic mass is 9.96. The molecule has 2 saturated heterocycles. The van der Waals surface area contributed by atoms with Crippen LogP contribution in [0, 0.1) is 0 Å². The normalized spacial score (nSPS) is 27.2. The molecule has 154 valence electrons. The van der Waals surface area contributed by atoms with E-state index in [1.807, 2.05) is 0 Å². The molecule has 3 heterocycles. The standard InChI is InChI=1S/C20H23FN4O4/c21-20(6-1-7-22-10-20)11-23-9-12-2-3-13-14(8-12)19(29)25(18(13)28)15-4-5-16(26)24-17(15)27/h2-3,8,15,22-23H,1,4-7,9-11H2,(H,24,26,27). The van der Waals surface area contributed by atoms with E-state index >= 15 is 0 Å². The van der Waals surface area contributed by atoms with Gasteiger partial charge in [-0.2, -0.15) is 0 Å². The average Bonchev–Trinajstić information content (AvgIpc) is 2.93. The average molecular weight is 402 g/mol. The number of nitrogens with zero attached hydrogens (tertiary/aromatic N) is 1. The number of piperidine rings is 2. The molecule has 0 saturated carbocycles. The highest BCUT2D eigenvalue weighted by atomic mass is 19.1. The maximum atomic E-state index is 14.6. The summed E-state index contributed by atoms with van der Waals surface area (Å²) >= 11 is 0. The van der Waals surface area contributed by atoms with Gasteiger partial charge in [-0.1, -0.05) is 6.07 Å². The van der Waals surface area contributed by atoms with Crippen molar-refractivity contribution >= 4 is 23.6 Å². The van der Waals surface area contributed by atoms with Gasteiger partial charge in [0.05, 0.1) is 11.1 Å². The van der Waals surface area contributed by atoms with Crippen molar-refractivity contribution in [2.75, 3.05) is 19.6 Å². The van der Waals surface area contributed by atoms with Gasteiger partial charge in [0.2, 0.25) is 11.8 Å². The van der Waals surface area contributed by atoms with E-state index < -0.39 is 35.3 Å². The van der Waals surface area contributed by atoms with E-state index in [0.717, 1.165) is 23.4 Å². The van der Waals surface area contributed by atoms with E-state index in [0.29, 0.717) is 19.5 Å². The largest absolute Gasteiger partial charge is 0.313 e. The van der Waals surface area contributed by atoms with Crippen molar-refractivity contribution in [1.29, 1.82) is 0 Å². The van der Waals surface area contributed by atoms with Crippen LogP contribution in [0.15, 0.2) is 18.2 Å². The summed E-state index contributed by atoms with van der Waals surface area (Å²) in [4.78, 5) is 49.9. The zero-order chi connectivity index (χ0) is 20.6. The molecular formula is C20H23FN4O4. The van der Waals surface area contributed by atoms with Gasteiger partial charge in [0, 0.05) is 26.1 Å². The number of rotatable bonds is 5. The highest BCUT2D eigenvalue weighted by Crippen LogP contribution is 2.28. The number of nitrogens with one attached hydrogen (secondary N) is 3. The SMILES string of the molecule is O=C1CCC(N2C(=O)c3ccc(CNCC4(F)CCCNC4)cc3C2=O)C(=O)N1. The number of halogens is 1. The molecular weight excluding hydrogens is 379 g/mol. The van der Waals surface area contributed by atoms with Crippen LogP contribution in [-0.2, 0) is 16.1 Å². The van der Waals surface area contributed by atoms with Crippen LogP contribution in [0.4, 0.5) is 4.39 Å². The maximum absolute atomic E-state index is 14.6. The molecule has 1 aromatic carbocycles. The van der Waals surface area contributed by atoms with Crippen molar-refractivity contribution in [2.45, 2.75) is 43.9 Å². The summed E-state index contributed by atoms with van der Waals surface area (Å²) in [7, 11) is 0. The molecule has 4 amide bonds. The Morgan fingerprint density at radius 2 is 1.97 bits per heavy atom. The zero-order valence-corrected chi connectivity index (χ0v) is 15.9. The quantitative estimate of drug-likeness (QED) is 0.611. The Hall–Kier alpha value is -2.65. The first-order valence-electron chi connectivity index (χ1n) is 9.83. The first-order valence-corrected chi connectivity index (χ1v) is 9.83. The van der Waals surface area contributed by atoms with Gasteiger partial charge >= 0.3 is 0 Å². The fourth-order valence-electron chi connectivity index (χ4n) is 4.14. The van der Waals surface area contributed by atoms with Crippen LogP contribution in [0.1, 0.15) is 52.0 Å². The molecule has 3 aliphatic heterocycles. The van der Waals surface area contributed by atoms with Gasteiger partial charge < -0.3 is 10.6 Å². The molecule has 2 atom stereocenters. The van der Waals surface area contributed by atoms with E-state index in [1.165, 1.54) is 0 Å². The predicted octanol–water partition coefficient (Wildman–Crippen LogP) is 0.269. The Kier molecular flexibility index (Phi) is 5.18. The monoisotopic (exact) mass is 402 g/mol. The van der Waals surface area contributed by atoms with Gasteiger partial charge in [-0.05, 0) is 43.5 Å². The van der Waals surface area contributed by atoms with Gasteiger partial charge in [-0.15, -0.1) is 0 Å². The highest BCUT2D eigenvalue weighted by molar-refractivity contribution is 6.23. The second-order valence-electron chi connectivity index (χ2n) is 7.86. The van der Waals surface area contributed by atoms with Gasteiger partial charge in [0.15, 0.2) is 0 Å². The Labute approximate surface area is 167 Å². The molecule has 9 heteroatoms. The summed E-state index contributed by atoms with van der Waals surface area (Å²) in [6.07, 6.45) is 1.50. The van der Waals surface area contributed by atoms with Crippen LogP contribution >= 0.6 is 0 Å². The lowest BCUT2D eigenvalue weighted by Crippen LogP contribution is -2.54. The maximum Gasteiger partial charge on any atom is 0.262 e. The van der Waals surface area contributed by atoms with E-state index in [2.05, 4.69) is 16.0 Å². The molecule has 0 aromatic heterocycles. The number of carbonyl (C=O) groups excluding carboxylic acids is 4. The minimum Gasteiger partial charge on any atom is -0.313 e. The summed E-state index contributed by atoms with van der Waals surface area (Å²) in [6, 6.07) is 3.91. The predicted molar refractivity (Wildman–Crippen MR) is 101 cm³/mol. The van der Waals surface area contributed by atoms with Crippen LogP contribution in [0.2, 0.25) is 0 Å². The van der Waals surface area contributed by atoms with Crippen molar-refractivity contribution in [3.63, 3.8) is 0 Å². The molecule has 3 aliphatic rings. The van der Waals surface area contributed by atoms with Crippen molar-refractivity contribution in [1.82, 2.24) is 20.9 Å². The van der Waals surface area contributed by atoms with Gasteiger partial charge in [-0.3, -0.25) is 29.4 Å². The minimum absolute atomic E-state index is 0.0822. The van der Waals surface area contributed by atoms with Crippen LogP contribution in [0.25, 0.3) is 0 Å². The molecule has 0 spiro atoms. The number of fused-ring (bicyclic) bond motifs is 1. The molecule has 4 rings (SSSR count). The Bertz CT molecular complexity index is 881. The van der Waals surface area contributed by atoms with E-state index in [9.17, 15) is 23.6 Å². The van der Waals surface area contributed by atoms with Crippen molar-refractivity contribution in [2.24, 2.45) is 0 Å². The Morgan fingerprint density at radius 3 is 2.69 bits per heavy atom. The smallest absolute Gasteiger partial charge is 0.262 e. The molecule has 2 fully saturated rings. The number of alkyl halides is 1. The van der Waals surface area contributed by atoms with Gasteiger partial charge in [0.1, 0.15) is 11.7 Å². The lowest BCUT2D eigenvalue weighted by Gasteiger charge is -2.30. The van der Waals surface area contributed by atoms with Gasteiger partial charge in [0.25, 0.3) is 11.8 Å². The van der Waals surface area contributed by atoms with E-state index in [1.54, 1.807) is 18.2 Å². The molecule has 8 nitrogen and oxygen atoms in total. The fourth-order valence-corrected chi connectivity index (χ4v) is 4.14. The molecule has 29 heavy (non-hydrogen) atoms. The van der Waals surface area contributed by atoms with Crippen LogP contribution < -0.4 is 16.0 Å². The molecule has 2 unspecified atom stereocenters. The lowest BCUT2D eigenvalue weighted by molar-refractivity contribution is -0.136. The second-order valence-corrected chi connectivity index (χ2v) is 7.86. The summed E-state index contributed by atoms with van der Waals surface area (Å²) < 4.78 is 14.6. The van der Waals surface area contributed by atoms with E-state index in [4.69, 9.17) is 0 Å². The third kappa shape index (κ3) is 3.79. The van der Waals surface area contributed by atoms with Crippen molar-refractivity contribution in [3.05, 3.63) is 34.9 Å². The number of hydrogen-bond acceptors (Lipinski definition) is 6. The van der Waals surface area contributed by atoms with Crippen LogP contribution in [0.5, 0.6) is 0 Å². The van der Waals surface area contributed by atoms with Crippen LogP contribution in [0.3, 0.4) is 0 Å². The third-order valence-electron chi connectivity index (χ3n) is 5.70. The van der Waals surface area contributed by atoms with Crippen molar-refractivity contribution < 1.29 is 23.6 Å². The number of imide groups is 2. The summed E-state index contributed by atoms with van der Waals surface area (Å²) in [5.41, 5.74) is -0.0684. The van der Waals surface area contributed by atoms with Crippen molar-refractivity contribution in [3.8, 4) is 0 Å². The first kappa shape index (κ1) is 19.7.